The van der Waals surface area contributed by atoms with Gasteiger partial charge in [-0.15, -0.1) is 0 Å². The maximum Gasteiger partial charge on any atom is 0.293 e. The molecule has 18 heavy (non-hydrogen) atoms. The Balaban J connectivity index is 2.15. The van der Waals surface area contributed by atoms with Crippen molar-refractivity contribution in [3.8, 4) is 0 Å². The Morgan fingerprint density at radius 1 is 1.56 bits per heavy atom. The van der Waals surface area contributed by atoms with E-state index in [0.717, 1.165) is 12.8 Å². The van der Waals surface area contributed by atoms with Crippen molar-refractivity contribution in [3.63, 3.8) is 0 Å². The van der Waals surface area contributed by atoms with Crippen LogP contribution < -0.4 is 5.32 Å². The zero-order valence-corrected chi connectivity index (χ0v) is 11.6. The van der Waals surface area contributed by atoms with Gasteiger partial charge in [-0.3, -0.25) is 10.1 Å². The van der Waals surface area contributed by atoms with Crippen LogP contribution in [0.2, 0.25) is 0 Å². The molecule has 1 fully saturated rings. The molecule has 0 bridgehead atoms. The number of nitro groups is 1. The molecule has 0 aliphatic carbocycles. The molecule has 0 aromatic heterocycles. The number of anilines is 1. The number of halogens is 1. The van der Waals surface area contributed by atoms with Gasteiger partial charge in [-0.05, 0) is 31.9 Å². The van der Waals surface area contributed by atoms with Crippen molar-refractivity contribution in [2.24, 2.45) is 0 Å². The van der Waals surface area contributed by atoms with Gasteiger partial charge in [0.1, 0.15) is 5.69 Å². The lowest BCUT2D eigenvalue weighted by Gasteiger charge is -2.28. The second kappa shape index (κ2) is 5.67. The van der Waals surface area contributed by atoms with E-state index in [4.69, 9.17) is 4.74 Å². The smallest absolute Gasteiger partial charge is 0.293 e. The minimum Gasteiger partial charge on any atom is -0.378 e. The van der Waals surface area contributed by atoms with Gasteiger partial charge in [0.25, 0.3) is 5.69 Å². The predicted molar refractivity (Wildman–Crippen MR) is 72.9 cm³/mol. The third-order valence-corrected chi connectivity index (χ3v) is 3.49. The number of benzene rings is 1. The lowest BCUT2D eigenvalue weighted by Crippen LogP contribution is -2.32. The molecule has 2 atom stereocenters. The summed E-state index contributed by atoms with van der Waals surface area (Å²) in [5.74, 6) is 0. The second-order valence-corrected chi connectivity index (χ2v) is 5.38. The van der Waals surface area contributed by atoms with Gasteiger partial charge >= 0.3 is 0 Å². The molecule has 5 nitrogen and oxygen atoms in total. The summed E-state index contributed by atoms with van der Waals surface area (Å²) in [7, 11) is 0. The maximum absolute atomic E-state index is 11.0. The van der Waals surface area contributed by atoms with Gasteiger partial charge in [0.05, 0.1) is 11.0 Å². The molecular weight excluding hydrogens is 300 g/mol. The van der Waals surface area contributed by atoms with Crippen LogP contribution in [0.15, 0.2) is 22.7 Å². The van der Waals surface area contributed by atoms with E-state index in [1.165, 1.54) is 6.07 Å². The first-order chi connectivity index (χ1) is 8.56. The molecule has 2 rings (SSSR count). The monoisotopic (exact) mass is 314 g/mol. The molecule has 1 heterocycles. The number of rotatable bonds is 3. The largest absolute Gasteiger partial charge is 0.378 e. The van der Waals surface area contributed by atoms with Crippen LogP contribution in [0.25, 0.3) is 0 Å². The van der Waals surface area contributed by atoms with E-state index in [1.54, 1.807) is 12.1 Å². The molecule has 1 saturated heterocycles. The Morgan fingerprint density at radius 2 is 2.33 bits per heavy atom. The van der Waals surface area contributed by atoms with Crippen molar-refractivity contribution in [3.05, 3.63) is 32.8 Å². The normalized spacial score (nSPS) is 23.7. The van der Waals surface area contributed by atoms with Gasteiger partial charge in [0, 0.05) is 23.2 Å². The van der Waals surface area contributed by atoms with Crippen LogP contribution in [0.5, 0.6) is 0 Å². The van der Waals surface area contributed by atoms with E-state index >= 15 is 0 Å². The second-order valence-electron chi connectivity index (χ2n) is 4.47. The quantitative estimate of drug-likeness (QED) is 0.686. The Labute approximate surface area is 114 Å². The fourth-order valence-electron chi connectivity index (χ4n) is 2.13. The fraction of sp³-hybridized carbons (Fsp3) is 0.500. The molecule has 1 aliphatic heterocycles. The zero-order valence-electron chi connectivity index (χ0n) is 10.1. The summed E-state index contributed by atoms with van der Waals surface area (Å²) in [6, 6.07) is 5.29. The molecule has 6 heteroatoms. The Morgan fingerprint density at radius 3 is 3.00 bits per heavy atom. The van der Waals surface area contributed by atoms with Crippen LogP contribution in [0.1, 0.15) is 19.8 Å². The van der Waals surface area contributed by atoms with Crippen LogP contribution >= 0.6 is 15.9 Å². The van der Waals surface area contributed by atoms with Gasteiger partial charge in [0.2, 0.25) is 0 Å². The van der Waals surface area contributed by atoms with Crippen LogP contribution in [-0.2, 0) is 4.74 Å². The number of ether oxygens (including phenoxy) is 1. The highest BCUT2D eigenvalue weighted by atomic mass is 79.9. The van der Waals surface area contributed by atoms with E-state index in [1.807, 2.05) is 6.92 Å². The van der Waals surface area contributed by atoms with Gasteiger partial charge in [-0.1, -0.05) is 15.9 Å². The fourth-order valence-corrected chi connectivity index (χ4v) is 2.48. The first-order valence-electron chi connectivity index (χ1n) is 5.88. The zero-order chi connectivity index (χ0) is 13.1. The molecule has 98 valence electrons. The standard InChI is InChI=1S/C12H15BrN2O3/c1-8-6-10(4-5-18-8)14-11-3-2-9(13)7-12(11)15(16)17/h2-3,7-8,10,14H,4-6H2,1H3. The summed E-state index contributed by atoms with van der Waals surface area (Å²) in [6.45, 7) is 2.72. The van der Waals surface area contributed by atoms with E-state index in [0.29, 0.717) is 16.8 Å². The summed E-state index contributed by atoms with van der Waals surface area (Å²) in [5, 5.41) is 14.2. The number of hydrogen-bond acceptors (Lipinski definition) is 4. The average molecular weight is 315 g/mol. The van der Waals surface area contributed by atoms with E-state index in [2.05, 4.69) is 21.2 Å². The van der Waals surface area contributed by atoms with E-state index < -0.39 is 0 Å². The van der Waals surface area contributed by atoms with Crippen LogP contribution in [0, 0.1) is 10.1 Å². The highest BCUT2D eigenvalue weighted by Crippen LogP contribution is 2.30. The molecule has 0 saturated carbocycles. The molecule has 1 aliphatic rings. The van der Waals surface area contributed by atoms with E-state index in [-0.39, 0.29) is 22.8 Å². The summed E-state index contributed by atoms with van der Waals surface area (Å²) < 4.78 is 6.17. The molecule has 2 unspecified atom stereocenters. The first kappa shape index (κ1) is 13.3. The maximum atomic E-state index is 11.0. The topological polar surface area (TPSA) is 64.4 Å². The van der Waals surface area contributed by atoms with Crippen LogP contribution in [0.4, 0.5) is 11.4 Å². The van der Waals surface area contributed by atoms with Gasteiger partial charge in [-0.25, -0.2) is 0 Å². The number of nitrogens with one attached hydrogen (secondary N) is 1. The molecule has 0 spiro atoms. The highest BCUT2D eigenvalue weighted by Gasteiger charge is 2.22. The summed E-state index contributed by atoms with van der Waals surface area (Å²) in [4.78, 5) is 10.6. The lowest BCUT2D eigenvalue weighted by molar-refractivity contribution is -0.384. The molecular formula is C12H15BrN2O3. The van der Waals surface area contributed by atoms with Crippen molar-refractivity contribution in [1.29, 1.82) is 0 Å². The molecule has 0 amide bonds. The van der Waals surface area contributed by atoms with Crippen molar-refractivity contribution in [2.45, 2.75) is 31.9 Å². The predicted octanol–water partition coefficient (Wildman–Crippen LogP) is 3.34. The van der Waals surface area contributed by atoms with E-state index in [9.17, 15) is 10.1 Å². The molecule has 0 radical (unpaired) electrons. The number of nitro benzene ring substituents is 1. The Kier molecular flexibility index (Phi) is 4.19. The van der Waals surface area contributed by atoms with Crippen LogP contribution in [0.3, 0.4) is 0 Å². The summed E-state index contributed by atoms with van der Waals surface area (Å²) in [5.41, 5.74) is 0.672. The Hall–Kier alpha value is -1.14. The van der Waals surface area contributed by atoms with Crippen molar-refractivity contribution in [1.82, 2.24) is 0 Å². The Bertz CT molecular complexity index is 453. The minimum atomic E-state index is -0.365. The molecule has 1 aromatic carbocycles. The molecule has 1 N–H and O–H groups in total. The van der Waals surface area contributed by atoms with Crippen molar-refractivity contribution < 1.29 is 9.66 Å². The van der Waals surface area contributed by atoms with Gasteiger partial charge < -0.3 is 10.1 Å². The summed E-state index contributed by atoms with van der Waals surface area (Å²) in [6.07, 6.45) is 1.94. The third-order valence-electron chi connectivity index (χ3n) is 3.00. The SMILES string of the molecule is CC1CC(Nc2ccc(Br)cc2[N+](=O)[O-])CCO1. The lowest BCUT2D eigenvalue weighted by atomic mass is 10.0. The van der Waals surface area contributed by atoms with Crippen LogP contribution in [-0.4, -0.2) is 23.7 Å². The van der Waals surface area contributed by atoms with Crippen molar-refractivity contribution in [2.75, 3.05) is 11.9 Å². The van der Waals surface area contributed by atoms with Gasteiger partial charge in [-0.2, -0.15) is 0 Å². The minimum absolute atomic E-state index is 0.100. The third kappa shape index (κ3) is 3.20. The highest BCUT2D eigenvalue weighted by molar-refractivity contribution is 9.10. The van der Waals surface area contributed by atoms with Gasteiger partial charge in [0.15, 0.2) is 0 Å². The first-order valence-corrected chi connectivity index (χ1v) is 6.67. The number of nitrogens with zero attached hydrogens (tertiary/aromatic N) is 1. The number of hydrogen-bond donors (Lipinski definition) is 1. The average Bonchev–Trinajstić information content (AvgIpc) is 2.31. The molecule has 1 aromatic rings. The van der Waals surface area contributed by atoms with Crippen molar-refractivity contribution >= 4 is 27.3 Å². The summed E-state index contributed by atoms with van der Waals surface area (Å²) >= 11 is 3.25.